The minimum Gasteiger partial charge on any atom is -0.489 e. The highest BCUT2D eigenvalue weighted by Gasteiger charge is 2.24. The van der Waals surface area contributed by atoms with E-state index in [-0.39, 0.29) is 18.9 Å². The molecule has 0 atom stereocenters. The van der Waals surface area contributed by atoms with E-state index >= 15 is 0 Å². The number of likely N-dealkylation sites (tertiary alicyclic amines) is 1. The van der Waals surface area contributed by atoms with Gasteiger partial charge in [-0.2, -0.15) is 0 Å². The van der Waals surface area contributed by atoms with Gasteiger partial charge in [0, 0.05) is 43.1 Å². The van der Waals surface area contributed by atoms with Gasteiger partial charge in [-0.05, 0) is 23.6 Å². The number of carbonyl (C=O) groups excluding carboxylic acids is 1. The first-order chi connectivity index (χ1) is 11.8. The number of piperidine rings is 1. The van der Waals surface area contributed by atoms with Crippen molar-refractivity contribution in [3.05, 3.63) is 35.0 Å². The summed E-state index contributed by atoms with van der Waals surface area (Å²) in [6, 6.07) is 7.29. The molecule has 1 N–H and O–H groups in total. The lowest BCUT2D eigenvalue weighted by Crippen LogP contribution is -2.43. The largest absolute Gasteiger partial charge is 0.489 e. The van der Waals surface area contributed by atoms with Gasteiger partial charge >= 0.3 is 6.03 Å². The lowest BCUT2D eigenvalue weighted by molar-refractivity contribution is 0.116. The van der Waals surface area contributed by atoms with Crippen LogP contribution in [0.3, 0.4) is 0 Å². The Morgan fingerprint density at radius 1 is 1.21 bits per heavy atom. The molecule has 4 rings (SSSR count). The highest BCUT2D eigenvalue weighted by atomic mass is 32.1. The van der Waals surface area contributed by atoms with Crippen LogP contribution in [0.25, 0.3) is 0 Å². The lowest BCUT2D eigenvalue weighted by Gasteiger charge is -2.32. The molecule has 24 heavy (non-hydrogen) atoms. The van der Waals surface area contributed by atoms with Gasteiger partial charge < -0.3 is 24.4 Å². The van der Waals surface area contributed by atoms with E-state index in [1.165, 1.54) is 0 Å². The summed E-state index contributed by atoms with van der Waals surface area (Å²) in [6.45, 7) is 1.60. The van der Waals surface area contributed by atoms with Crippen molar-refractivity contribution in [2.45, 2.75) is 18.9 Å². The molecule has 2 amide bonds. The molecule has 1 fully saturated rings. The predicted molar refractivity (Wildman–Crippen MR) is 91.1 cm³/mol. The van der Waals surface area contributed by atoms with E-state index in [9.17, 15) is 4.79 Å². The number of rotatable bonds is 3. The maximum Gasteiger partial charge on any atom is 0.321 e. The van der Waals surface area contributed by atoms with E-state index in [1.54, 1.807) is 23.5 Å². The van der Waals surface area contributed by atoms with Gasteiger partial charge in [0.05, 0.1) is 0 Å². The van der Waals surface area contributed by atoms with Gasteiger partial charge in [0.25, 0.3) is 0 Å². The standard InChI is InChI=1S/C17H18N2O4S/c20-17(18-12-1-2-15-16(9-12)22-11-21-15)19-6-3-13(4-7-19)23-14-5-8-24-10-14/h1-2,5,8-10,13H,3-4,6-7,11H2,(H,18,20). The van der Waals surface area contributed by atoms with Gasteiger partial charge in [0.2, 0.25) is 6.79 Å². The molecule has 126 valence electrons. The topological polar surface area (TPSA) is 60.0 Å². The molecule has 0 unspecified atom stereocenters. The van der Waals surface area contributed by atoms with Crippen molar-refractivity contribution in [3.8, 4) is 17.2 Å². The summed E-state index contributed by atoms with van der Waals surface area (Å²) in [7, 11) is 0. The van der Waals surface area contributed by atoms with E-state index in [0.29, 0.717) is 30.3 Å². The summed E-state index contributed by atoms with van der Waals surface area (Å²) in [6.07, 6.45) is 1.85. The van der Waals surface area contributed by atoms with Crippen molar-refractivity contribution in [2.24, 2.45) is 0 Å². The van der Waals surface area contributed by atoms with E-state index in [1.807, 2.05) is 27.8 Å². The molecular weight excluding hydrogens is 328 g/mol. The number of fused-ring (bicyclic) bond motifs is 1. The van der Waals surface area contributed by atoms with E-state index in [4.69, 9.17) is 14.2 Å². The SMILES string of the molecule is O=C(Nc1ccc2c(c1)OCO2)N1CCC(Oc2ccsc2)CC1. The third-order valence-corrected chi connectivity index (χ3v) is 4.81. The fourth-order valence-corrected chi connectivity index (χ4v) is 3.42. The lowest BCUT2D eigenvalue weighted by atomic mass is 10.1. The highest BCUT2D eigenvalue weighted by Crippen LogP contribution is 2.34. The molecule has 0 radical (unpaired) electrons. The first-order valence-electron chi connectivity index (χ1n) is 7.92. The second-order valence-electron chi connectivity index (χ2n) is 5.76. The molecule has 2 aliphatic heterocycles. The van der Waals surface area contributed by atoms with Crippen LogP contribution in [0.2, 0.25) is 0 Å². The number of hydrogen-bond donors (Lipinski definition) is 1. The number of urea groups is 1. The van der Waals surface area contributed by atoms with Gasteiger partial charge in [0.1, 0.15) is 11.9 Å². The Morgan fingerprint density at radius 3 is 2.83 bits per heavy atom. The molecular formula is C17H18N2O4S. The minimum atomic E-state index is -0.0946. The monoisotopic (exact) mass is 346 g/mol. The van der Waals surface area contributed by atoms with Gasteiger partial charge in [-0.1, -0.05) is 0 Å². The molecule has 3 heterocycles. The maximum atomic E-state index is 12.4. The van der Waals surface area contributed by atoms with Crippen LogP contribution in [-0.2, 0) is 0 Å². The molecule has 1 aromatic carbocycles. The molecule has 1 saturated heterocycles. The predicted octanol–water partition coefficient (Wildman–Crippen LogP) is 3.55. The van der Waals surface area contributed by atoms with Crippen LogP contribution < -0.4 is 19.5 Å². The molecule has 0 bridgehead atoms. The Hall–Kier alpha value is -2.41. The summed E-state index contributed by atoms with van der Waals surface area (Å²) in [5.74, 6) is 2.29. The van der Waals surface area contributed by atoms with E-state index < -0.39 is 0 Å². The Morgan fingerprint density at radius 2 is 2.04 bits per heavy atom. The molecule has 0 spiro atoms. The zero-order chi connectivity index (χ0) is 16.4. The molecule has 0 aliphatic carbocycles. The zero-order valence-corrected chi connectivity index (χ0v) is 13.9. The summed E-state index contributed by atoms with van der Waals surface area (Å²) >= 11 is 1.62. The van der Waals surface area contributed by atoms with Crippen LogP contribution in [0.1, 0.15) is 12.8 Å². The second-order valence-corrected chi connectivity index (χ2v) is 6.54. The van der Waals surface area contributed by atoms with Crippen molar-refractivity contribution in [3.63, 3.8) is 0 Å². The van der Waals surface area contributed by atoms with Crippen LogP contribution in [0.5, 0.6) is 17.2 Å². The van der Waals surface area contributed by atoms with Crippen LogP contribution in [0.4, 0.5) is 10.5 Å². The molecule has 2 aliphatic rings. The van der Waals surface area contributed by atoms with Crippen molar-refractivity contribution < 1.29 is 19.0 Å². The average Bonchev–Trinajstić information content (AvgIpc) is 3.26. The van der Waals surface area contributed by atoms with Crippen LogP contribution >= 0.6 is 11.3 Å². The third kappa shape index (κ3) is 3.26. The first-order valence-corrected chi connectivity index (χ1v) is 8.87. The quantitative estimate of drug-likeness (QED) is 0.923. The number of thiophene rings is 1. The summed E-state index contributed by atoms with van der Waals surface area (Å²) in [5, 5.41) is 6.92. The van der Waals surface area contributed by atoms with Gasteiger partial charge in [0.15, 0.2) is 11.5 Å². The van der Waals surface area contributed by atoms with Crippen molar-refractivity contribution in [1.29, 1.82) is 0 Å². The van der Waals surface area contributed by atoms with Crippen LogP contribution in [0, 0.1) is 0 Å². The number of nitrogens with one attached hydrogen (secondary N) is 1. The Balaban J connectivity index is 1.30. The number of carbonyl (C=O) groups is 1. The number of amides is 2. The smallest absolute Gasteiger partial charge is 0.321 e. The van der Waals surface area contributed by atoms with Crippen molar-refractivity contribution in [2.75, 3.05) is 25.2 Å². The first kappa shape index (κ1) is 15.1. The Kier molecular flexibility index (Phi) is 4.17. The molecule has 7 heteroatoms. The number of anilines is 1. The Bertz CT molecular complexity index is 711. The molecule has 6 nitrogen and oxygen atoms in total. The van der Waals surface area contributed by atoms with Gasteiger partial charge in [-0.3, -0.25) is 0 Å². The molecule has 0 saturated carbocycles. The maximum absolute atomic E-state index is 12.4. The van der Waals surface area contributed by atoms with Crippen LogP contribution in [0.15, 0.2) is 35.0 Å². The van der Waals surface area contributed by atoms with Crippen molar-refractivity contribution >= 4 is 23.1 Å². The second kappa shape index (κ2) is 6.60. The zero-order valence-electron chi connectivity index (χ0n) is 13.1. The van der Waals surface area contributed by atoms with Crippen LogP contribution in [-0.4, -0.2) is 36.9 Å². The van der Waals surface area contributed by atoms with E-state index in [0.717, 1.165) is 18.6 Å². The summed E-state index contributed by atoms with van der Waals surface area (Å²) in [5.41, 5.74) is 0.709. The van der Waals surface area contributed by atoms with E-state index in [2.05, 4.69) is 5.32 Å². The van der Waals surface area contributed by atoms with Gasteiger partial charge in [-0.25, -0.2) is 4.79 Å². The summed E-state index contributed by atoms with van der Waals surface area (Å²) < 4.78 is 16.5. The minimum absolute atomic E-state index is 0.0946. The number of hydrogen-bond acceptors (Lipinski definition) is 5. The highest BCUT2D eigenvalue weighted by molar-refractivity contribution is 7.08. The number of ether oxygens (including phenoxy) is 3. The van der Waals surface area contributed by atoms with Crippen molar-refractivity contribution in [1.82, 2.24) is 4.90 Å². The summed E-state index contributed by atoms with van der Waals surface area (Å²) in [4.78, 5) is 14.2. The fraction of sp³-hybridized carbons (Fsp3) is 0.353. The normalized spacial score (nSPS) is 16.9. The third-order valence-electron chi connectivity index (χ3n) is 4.15. The molecule has 2 aromatic rings. The average molecular weight is 346 g/mol. The number of benzene rings is 1. The Labute approximate surface area is 143 Å². The van der Waals surface area contributed by atoms with Gasteiger partial charge in [-0.15, -0.1) is 11.3 Å². The fourth-order valence-electron chi connectivity index (χ4n) is 2.87. The molecule has 1 aromatic heterocycles. The number of nitrogens with zero attached hydrogens (tertiary/aromatic N) is 1.